The second-order valence-electron chi connectivity index (χ2n) is 12.8. The van der Waals surface area contributed by atoms with Gasteiger partial charge in [-0.05, 0) is 117 Å². The molecule has 1 amide bonds. The fourth-order valence-corrected chi connectivity index (χ4v) is 11.0. The molecule has 8 saturated carbocycles. The summed E-state index contributed by atoms with van der Waals surface area (Å²) in [5.41, 5.74) is -0.639. The minimum atomic E-state index is -0.524. The Morgan fingerprint density at radius 1 is 1.00 bits per heavy atom. The van der Waals surface area contributed by atoms with Gasteiger partial charge < -0.3 is 15.0 Å². The Morgan fingerprint density at radius 3 is 2.06 bits per heavy atom. The van der Waals surface area contributed by atoms with Gasteiger partial charge in [-0.2, -0.15) is 4.68 Å². The largest absolute Gasteiger partial charge is 0.492 e. The SMILES string of the molecule is CN(C(=O)C12CC3CC(C1)CC(n1nc([N+](=O)[O-])nc1Br)(C3)C2)C12CC3CC(CC(C3)C1)C2. The number of rotatable bonds is 4. The van der Waals surface area contributed by atoms with Crippen LogP contribution in [0.1, 0.15) is 77.0 Å². The number of aromatic nitrogens is 3. The Kier molecular flexibility index (Phi) is 4.15. The monoisotopic (exact) mass is 517 g/mol. The highest BCUT2D eigenvalue weighted by Gasteiger charge is 2.65. The van der Waals surface area contributed by atoms with Crippen LogP contribution in [-0.4, -0.2) is 43.1 Å². The van der Waals surface area contributed by atoms with Crippen LogP contribution in [0.4, 0.5) is 5.95 Å². The molecule has 0 aliphatic heterocycles. The van der Waals surface area contributed by atoms with E-state index in [0.717, 1.165) is 49.9 Å². The number of nitrogens with zero attached hydrogens (tertiary/aromatic N) is 5. The molecule has 8 aliphatic rings. The second kappa shape index (κ2) is 6.58. The average molecular weight is 518 g/mol. The molecule has 8 fully saturated rings. The molecule has 0 aromatic carbocycles. The number of halogens is 1. The van der Waals surface area contributed by atoms with E-state index in [2.05, 4.69) is 38.0 Å². The van der Waals surface area contributed by atoms with Gasteiger partial charge in [-0.25, -0.2) is 0 Å². The molecule has 0 saturated heterocycles. The maximum Gasteiger partial charge on any atom is 0.492 e. The summed E-state index contributed by atoms with van der Waals surface area (Å²) >= 11 is 3.46. The van der Waals surface area contributed by atoms with Crippen LogP contribution in [0.2, 0.25) is 0 Å². The topological polar surface area (TPSA) is 94.2 Å². The predicted molar refractivity (Wildman–Crippen MR) is 123 cm³/mol. The van der Waals surface area contributed by atoms with Crippen LogP contribution >= 0.6 is 15.9 Å². The van der Waals surface area contributed by atoms with Crippen molar-refractivity contribution in [2.24, 2.45) is 35.0 Å². The molecule has 1 aromatic rings. The molecule has 9 heteroatoms. The molecule has 178 valence electrons. The lowest BCUT2D eigenvalue weighted by molar-refractivity contribution is -0.394. The van der Waals surface area contributed by atoms with Crippen LogP contribution < -0.4 is 0 Å². The third-order valence-electron chi connectivity index (χ3n) is 10.7. The van der Waals surface area contributed by atoms with E-state index < -0.39 is 4.92 Å². The van der Waals surface area contributed by atoms with Crippen LogP contribution in [0, 0.1) is 45.1 Å². The van der Waals surface area contributed by atoms with Gasteiger partial charge in [0.2, 0.25) is 5.91 Å². The van der Waals surface area contributed by atoms with Crippen LogP contribution in [-0.2, 0) is 10.3 Å². The zero-order chi connectivity index (χ0) is 22.8. The lowest BCUT2D eigenvalue weighted by atomic mass is 9.46. The Bertz CT molecular complexity index is 1000. The molecule has 2 atom stereocenters. The van der Waals surface area contributed by atoms with Gasteiger partial charge in [0.15, 0.2) is 0 Å². The molecular weight excluding hydrogens is 486 g/mol. The Hall–Kier alpha value is -1.51. The minimum absolute atomic E-state index is 0.0644. The lowest BCUT2D eigenvalue weighted by Crippen LogP contribution is -2.66. The van der Waals surface area contributed by atoms with E-state index in [1.165, 1.54) is 44.9 Å². The first-order valence-corrected chi connectivity index (χ1v) is 13.5. The van der Waals surface area contributed by atoms with E-state index in [1.807, 2.05) is 0 Å². The summed E-state index contributed by atoms with van der Waals surface area (Å²) in [6.45, 7) is 0. The molecule has 8 nitrogen and oxygen atoms in total. The summed E-state index contributed by atoms with van der Waals surface area (Å²) in [5.74, 6) is 3.38. The van der Waals surface area contributed by atoms with Crippen LogP contribution in [0.25, 0.3) is 0 Å². The van der Waals surface area contributed by atoms with Crippen molar-refractivity contribution in [2.75, 3.05) is 7.05 Å². The highest BCUT2D eigenvalue weighted by Crippen LogP contribution is 2.66. The van der Waals surface area contributed by atoms with E-state index >= 15 is 0 Å². The summed E-state index contributed by atoms with van der Waals surface area (Å²) in [5, 5.41) is 15.7. The zero-order valence-electron chi connectivity index (χ0n) is 19.2. The Morgan fingerprint density at radius 2 is 1.55 bits per heavy atom. The van der Waals surface area contributed by atoms with Gasteiger partial charge in [-0.15, -0.1) is 0 Å². The summed E-state index contributed by atoms with van der Waals surface area (Å²) in [6, 6.07) is 0. The second-order valence-corrected chi connectivity index (χ2v) is 13.5. The number of hydrogen-bond donors (Lipinski definition) is 0. The normalized spacial score (nSPS) is 46.7. The first-order valence-electron chi connectivity index (χ1n) is 12.8. The first-order chi connectivity index (χ1) is 15.7. The molecule has 9 rings (SSSR count). The zero-order valence-corrected chi connectivity index (χ0v) is 20.8. The highest BCUT2D eigenvalue weighted by atomic mass is 79.9. The molecule has 1 aromatic heterocycles. The van der Waals surface area contributed by atoms with Gasteiger partial charge in [0, 0.05) is 33.6 Å². The smallest absolute Gasteiger partial charge is 0.390 e. The van der Waals surface area contributed by atoms with Gasteiger partial charge >= 0.3 is 5.95 Å². The van der Waals surface area contributed by atoms with E-state index in [9.17, 15) is 14.9 Å². The highest BCUT2D eigenvalue weighted by molar-refractivity contribution is 9.10. The van der Waals surface area contributed by atoms with Crippen molar-refractivity contribution < 1.29 is 9.72 Å². The van der Waals surface area contributed by atoms with E-state index in [0.29, 0.717) is 22.5 Å². The quantitative estimate of drug-likeness (QED) is 0.427. The van der Waals surface area contributed by atoms with Crippen molar-refractivity contribution in [2.45, 2.75) is 88.1 Å². The van der Waals surface area contributed by atoms with Crippen LogP contribution in [0.5, 0.6) is 0 Å². The van der Waals surface area contributed by atoms with Crippen molar-refractivity contribution in [3.8, 4) is 0 Å². The first kappa shape index (κ1) is 20.8. The average Bonchev–Trinajstić information content (AvgIpc) is 3.14. The number of carbonyl (C=O) groups excluding carboxylic acids is 1. The van der Waals surface area contributed by atoms with Gasteiger partial charge in [0.05, 0.1) is 11.0 Å². The van der Waals surface area contributed by atoms with Gasteiger partial charge in [-0.1, -0.05) is 0 Å². The summed E-state index contributed by atoms with van der Waals surface area (Å²) < 4.78 is 2.20. The maximum absolute atomic E-state index is 14.4. The number of nitro groups is 1. The molecule has 0 radical (unpaired) electrons. The Balaban J connectivity index is 1.24. The van der Waals surface area contributed by atoms with Crippen molar-refractivity contribution in [1.29, 1.82) is 0 Å². The van der Waals surface area contributed by atoms with E-state index in [-0.39, 0.29) is 22.4 Å². The summed E-state index contributed by atoms with van der Waals surface area (Å²) in [6.07, 6.45) is 13.4. The van der Waals surface area contributed by atoms with Crippen molar-refractivity contribution >= 4 is 27.8 Å². The van der Waals surface area contributed by atoms with Crippen molar-refractivity contribution in [1.82, 2.24) is 19.7 Å². The maximum atomic E-state index is 14.4. The molecule has 2 unspecified atom stereocenters. The van der Waals surface area contributed by atoms with Crippen LogP contribution in [0.3, 0.4) is 0 Å². The molecule has 33 heavy (non-hydrogen) atoms. The minimum Gasteiger partial charge on any atom is -0.390 e. The molecule has 8 bridgehead atoms. The van der Waals surface area contributed by atoms with Gasteiger partial charge in [0.1, 0.15) is 0 Å². The molecular formula is C24H32BrN5O3. The molecule has 0 spiro atoms. The Labute approximate surface area is 202 Å². The lowest BCUT2D eigenvalue weighted by Gasteiger charge is -2.64. The molecule has 8 aliphatic carbocycles. The summed E-state index contributed by atoms with van der Waals surface area (Å²) in [4.78, 5) is 31.6. The fourth-order valence-electron chi connectivity index (χ4n) is 10.4. The van der Waals surface area contributed by atoms with E-state index in [1.54, 1.807) is 4.68 Å². The van der Waals surface area contributed by atoms with Crippen LogP contribution in [0.15, 0.2) is 4.73 Å². The standard InChI is InChI=1S/C24H32BrN5O3/c1-28(23-8-14-2-15(9-23)4-16(3-14)10-23)19(31)22-6-17-5-18(7-22)12-24(11-17,13-22)29-20(25)26-21(27-29)30(32)33/h14-18H,2-13H2,1H3. The van der Waals surface area contributed by atoms with Gasteiger partial charge in [0.25, 0.3) is 4.73 Å². The van der Waals surface area contributed by atoms with Crippen molar-refractivity contribution in [3.05, 3.63) is 14.8 Å². The van der Waals surface area contributed by atoms with Crippen molar-refractivity contribution in [3.63, 3.8) is 0 Å². The third-order valence-corrected chi connectivity index (χ3v) is 11.2. The molecule has 1 heterocycles. The number of carbonyl (C=O) groups is 1. The number of amides is 1. The summed E-state index contributed by atoms with van der Waals surface area (Å²) in [7, 11) is 2.11. The van der Waals surface area contributed by atoms with E-state index in [4.69, 9.17) is 0 Å². The number of hydrogen-bond acceptors (Lipinski definition) is 5. The molecule has 0 N–H and O–H groups in total. The third kappa shape index (κ3) is 2.83. The predicted octanol–water partition coefficient (Wildman–Crippen LogP) is 4.67. The fraction of sp³-hybridized carbons (Fsp3) is 0.875. The van der Waals surface area contributed by atoms with Gasteiger partial charge in [-0.3, -0.25) is 4.79 Å².